The molecule has 1 atom stereocenters. The van der Waals surface area contributed by atoms with Crippen molar-refractivity contribution in [1.82, 2.24) is 5.32 Å². The second kappa shape index (κ2) is 9.49. The molecule has 0 heterocycles. The van der Waals surface area contributed by atoms with Crippen LogP contribution >= 0.6 is 11.6 Å². The van der Waals surface area contributed by atoms with Gasteiger partial charge in [0.2, 0.25) is 0 Å². The number of amides is 1. The molecule has 1 unspecified atom stereocenters. The van der Waals surface area contributed by atoms with Crippen LogP contribution in [0.15, 0.2) is 24.3 Å². The molecule has 6 nitrogen and oxygen atoms in total. The fourth-order valence-electron chi connectivity index (χ4n) is 1.86. The predicted molar refractivity (Wildman–Crippen MR) is 91.0 cm³/mol. The van der Waals surface area contributed by atoms with Crippen LogP contribution in [0.5, 0.6) is 0 Å². The van der Waals surface area contributed by atoms with Gasteiger partial charge in [0.1, 0.15) is 18.3 Å². The highest BCUT2D eigenvalue weighted by Gasteiger charge is 2.21. The number of carbonyl (C=O) groups is 2. The Labute approximate surface area is 147 Å². The van der Waals surface area contributed by atoms with Gasteiger partial charge in [-0.15, -0.1) is 0 Å². The fraction of sp³-hybridized carbons (Fsp3) is 0.529. The van der Waals surface area contributed by atoms with Crippen molar-refractivity contribution in [2.45, 2.75) is 39.4 Å². The minimum absolute atomic E-state index is 0.109. The van der Waals surface area contributed by atoms with Crippen molar-refractivity contribution in [1.29, 1.82) is 0 Å². The Morgan fingerprint density at radius 3 is 2.50 bits per heavy atom. The van der Waals surface area contributed by atoms with Crippen LogP contribution in [0, 0.1) is 0 Å². The molecule has 0 saturated carbocycles. The molecule has 24 heavy (non-hydrogen) atoms. The zero-order chi connectivity index (χ0) is 18.2. The number of nitrogens with one attached hydrogen (secondary N) is 1. The third kappa shape index (κ3) is 7.66. The van der Waals surface area contributed by atoms with Gasteiger partial charge >= 0.3 is 12.1 Å². The molecular weight excluding hydrogens is 334 g/mol. The van der Waals surface area contributed by atoms with Crippen molar-refractivity contribution in [3.63, 3.8) is 0 Å². The highest BCUT2D eigenvalue weighted by molar-refractivity contribution is 6.31. The lowest BCUT2D eigenvalue weighted by atomic mass is 10.1. The third-order valence-corrected chi connectivity index (χ3v) is 3.13. The Bertz CT molecular complexity index is 556. The van der Waals surface area contributed by atoms with Gasteiger partial charge in [-0.05, 0) is 33.8 Å². The summed E-state index contributed by atoms with van der Waals surface area (Å²) >= 11 is 6.18. The van der Waals surface area contributed by atoms with Crippen LogP contribution in [0.25, 0.3) is 0 Å². The molecule has 0 bridgehead atoms. The minimum Gasteiger partial charge on any atom is -0.464 e. The lowest BCUT2D eigenvalue weighted by Gasteiger charge is -2.22. The monoisotopic (exact) mass is 357 g/mol. The molecule has 0 aliphatic rings. The summed E-state index contributed by atoms with van der Waals surface area (Å²) < 4.78 is 15.6. The number of benzene rings is 1. The topological polar surface area (TPSA) is 73.9 Å². The molecule has 0 saturated heterocycles. The number of esters is 1. The lowest BCUT2D eigenvalue weighted by molar-refractivity contribution is -0.150. The Balaban J connectivity index is 2.73. The standard InChI is InChI=1S/C17H24ClNO5/c1-5-22-15(20)11-23-14(12-8-6-7-9-13(12)18)10-19-16(21)24-17(2,3)4/h6-9,14H,5,10-11H2,1-4H3,(H,19,21). The first kappa shape index (κ1) is 20.3. The van der Waals surface area contributed by atoms with Crippen molar-refractivity contribution < 1.29 is 23.8 Å². The summed E-state index contributed by atoms with van der Waals surface area (Å²) in [5, 5.41) is 3.11. The predicted octanol–water partition coefficient (Wildman–Crippen LogP) is 3.49. The average molecular weight is 358 g/mol. The van der Waals surface area contributed by atoms with E-state index in [2.05, 4.69) is 5.32 Å². The maximum absolute atomic E-state index is 11.8. The second-order valence-corrected chi connectivity index (χ2v) is 6.42. The molecule has 1 rings (SSSR count). The average Bonchev–Trinajstić information content (AvgIpc) is 2.47. The highest BCUT2D eigenvalue weighted by atomic mass is 35.5. The maximum atomic E-state index is 11.8. The SMILES string of the molecule is CCOC(=O)COC(CNC(=O)OC(C)(C)C)c1ccccc1Cl. The molecule has 7 heteroatoms. The number of hydrogen-bond donors (Lipinski definition) is 1. The van der Waals surface area contributed by atoms with Gasteiger partial charge in [-0.1, -0.05) is 29.8 Å². The first-order chi connectivity index (χ1) is 11.2. The lowest BCUT2D eigenvalue weighted by Crippen LogP contribution is -2.35. The van der Waals surface area contributed by atoms with E-state index in [1.54, 1.807) is 52.0 Å². The van der Waals surface area contributed by atoms with Crippen LogP contribution in [0.4, 0.5) is 4.79 Å². The summed E-state index contributed by atoms with van der Waals surface area (Å²) in [5.41, 5.74) is 0.0648. The van der Waals surface area contributed by atoms with E-state index in [4.69, 9.17) is 25.8 Å². The normalized spacial score (nSPS) is 12.4. The van der Waals surface area contributed by atoms with Crippen molar-refractivity contribution in [3.8, 4) is 0 Å². The molecule has 0 aromatic heterocycles. The Morgan fingerprint density at radius 2 is 1.92 bits per heavy atom. The van der Waals surface area contributed by atoms with Crippen LogP contribution in [0.2, 0.25) is 5.02 Å². The van der Waals surface area contributed by atoms with Crippen LogP contribution in [-0.4, -0.2) is 37.4 Å². The fourth-order valence-corrected chi connectivity index (χ4v) is 2.11. The van der Waals surface area contributed by atoms with Gasteiger partial charge in [0.05, 0.1) is 13.2 Å². The molecule has 0 aliphatic carbocycles. The minimum atomic E-state index is -0.601. The summed E-state index contributed by atoms with van der Waals surface area (Å²) in [4.78, 5) is 23.3. The Kier molecular flexibility index (Phi) is 8.01. The van der Waals surface area contributed by atoms with E-state index in [9.17, 15) is 9.59 Å². The van der Waals surface area contributed by atoms with Gasteiger partial charge < -0.3 is 19.5 Å². The summed E-state index contributed by atoms with van der Waals surface area (Å²) in [6.45, 7) is 7.18. The van der Waals surface area contributed by atoms with E-state index in [1.807, 2.05) is 0 Å². The van der Waals surface area contributed by atoms with Gasteiger partial charge in [-0.3, -0.25) is 0 Å². The first-order valence-corrected chi connectivity index (χ1v) is 8.09. The summed E-state index contributed by atoms with van der Waals surface area (Å²) in [6, 6.07) is 7.07. The van der Waals surface area contributed by atoms with Crippen LogP contribution in [-0.2, 0) is 19.0 Å². The number of hydrogen-bond acceptors (Lipinski definition) is 5. The molecular formula is C17H24ClNO5. The number of ether oxygens (including phenoxy) is 3. The van der Waals surface area contributed by atoms with Gasteiger partial charge in [0.25, 0.3) is 0 Å². The summed E-state index contributed by atoms with van der Waals surface area (Å²) in [7, 11) is 0. The highest BCUT2D eigenvalue weighted by Crippen LogP contribution is 2.25. The summed E-state index contributed by atoms with van der Waals surface area (Å²) in [6.07, 6.45) is -1.17. The number of rotatable bonds is 7. The van der Waals surface area contributed by atoms with Gasteiger partial charge in [-0.2, -0.15) is 0 Å². The zero-order valence-corrected chi connectivity index (χ0v) is 15.2. The van der Waals surface area contributed by atoms with E-state index in [0.717, 1.165) is 0 Å². The third-order valence-electron chi connectivity index (χ3n) is 2.79. The molecule has 0 radical (unpaired) electrons. The first-order valence-electron chi connectivity index (χ1n) is 7.71. The second-order valence-electron chi connectivity index (χ2n) is 6.01. The largest absolute Gasteiger partial charge is 0.464 e. The van der Waals surface area contributed by atoms with E-state index >= 15 is 0 Å². The van der Waals surface area contributed by atoms with Crippen LogP contribution in [0.3, 0.4) is 0 Å². The van der Waals surface area contributed by atoms with Crippen molar-refractivity contribution in [2.24, 2.45) is 0 Å². The quantitative estimate of drug-likeness (QED) is 0.756. The molecule has 1 N–H and O–H groups in total. The number of alkyl carbamates (subject to hydrolysis) is 1. The maximum Gasteiger partial charge on any atom is 0.407 e. The van der Waals surface area contributed by atoms with Crippen molar-refractivity contribution >= 4 is 23.7 Å². The molecule has 0 fully saturated rings. The van der Waals surface area contributed by atoms with Crippen molar-refractivity contribution in [2.75, 3.05) is 19.8 Å². The van der Waals surface area contributed by atoms with Gasteiger partial charge in [0.15, 0.2) is 0 Å². The molecule has 134 valence electrons. The number of carbonyl (C=O) groups excluding carboxylic acids is 2. The van der Waals surface area contributed by atoms with Crippen molar-refractivity contribution in [3.05, 3.63) is 34.9 Å². The molecule has 1 aromatic carbocycles. The molecule has 1 amide bonds. The molecule has 0 aliphatic heterocycles. The molecule has 0 spiro atoms. The van der Waals surface area contributed by atoms with Crippen LogP contribution < -0.4 is 5.32 Å². The smallest absolute Gasteiger partial charge is 0.407 e. The van der Waals surface area contributed by atoms with Gasteiger partial charge in [-0.25, -0.2) is 9.59 Å². The van der Waals surface area contributed by atoms with E-state index in [1.165, 1.54) is 0 Å². The zero-order valence-electron chi connectivity index (χ0n) is 14.4. The number of halogens is 1. The van der Waals surface area contributed by atoms with Gasteiger partial charge in [0, 0.05) is 10.6 Å². The summed E-state index contributed by atoms with van der Waals surface area (Å²) in [5.74, 6) is -0.480. The van der Waals surface area contributed by atoms with E-state index < -0.39 is 23.8 Å². The van der Waals surface area contributed by atoms with E-state index in [-0.39, 0.29) is 19.8 Å². The van der Waals surface area contributed by atoms with E-state index in [0.29, 0.717) is 10.6 Å². The molecule has 1 aromatic rings. The van der Waals surface area contributed by atoms with Crippen LogP contribution in [0.1, 0.15) is 39.4 Å². The Hall–Kier alpha value is -1.79. The Morgan fingerprint density at radius 1 is 1.25 bits per heavy atom.